The molecule has 0 saturated carbocycles. The van der Waals surface area contributed by atoms with E-state index < -0.39 is 10.0 Å². The molecule has 0 aromatic heterocycles. The van der Waals surface area contributed by atoms with Crippen molar-refractivity contribution < 1.29 is 13.2 Å². The molecular weight excluding hydrogens is 443 g/mol. The first-order valence-corrected chi connectivity index (χ1v) is 9.59. The van der Waals surface area contributed by atoms with Crippen LogP contribution in [0.1, 0.15) is 19.3 Å². The van der Waals surface area contributed by atoms with Crippen LogP contribution in [0.3, 0.4) is 0 Å². The van der Waals surface area contributed by atoms with E-state index in [0.29, 0.717) is 30.5 Å². The summed E-state index contributed by atoms with van der Waals surface area (Å²) >= 11 is 0. The summed E-state index contributed by atoms with van der Waals surface area (Å²) in [6.07, 6.45) is 4.71. The van der Waals surface area contributed by atoms with Gasteiger partial charge in [-0.1, -0.05) is 0 Å². The van der Waals surface area contributed by atoms with Crippen LogP contribution in [0.15, 0.2) is 29.3 Å². The molecule has 2 rings (SSSR count). The van der Waals surface area contributed by atoms with E-state index in [2.05, 4.69) is 14.6 Å². The van der Waals surface area contributed by atoms with E-state index in [-0.39, 0.29) is 24.0 Å². The van der Waals surface area contributed by atoms with Crippen LogP contribution in [0.4, 0.5) is 5.69 Å². The number of hydrogen-bond acceptors (Lipinski definition) is 4. The quantitative estimate of drug-likeness (QED) is 0.288. The first-order valence-electron chi connectivity index (χ1n) is 7.69. The minimum absolute atomic E-state index is 0. The van der Waals surface area contributed by atoms with Crippen LogP contribution < -0.4 is 15.2 Å². The van der Waals surface area contributed by atoms with Gasteiger partial charge in [-0.3, -0.25) is 4.72 Å². The van der Waals surface area contributed by atoms with Gasteiger partial charge < -0.3 is 15.4 Å². The Morgan fingerprint density at radius 1 is 1.25 bits per heavy atom. The largest absolute Gasteiger partial charge is 0.492 e. The lowest BCUT2D eigenvalue weighted by molar-refractivity contribution is 0.321. The van der Waals surface area contributed by atoms with Crippen LogP contribution in [0.5, 0.6) is 5.75 Å². The van der Waals surface area contributed by atoms with E-state index in [0.717, 1.165) is 19.3 Å². The number of benzene rings is 1. The number of piperidine rings is 1. The molecule has 1 aromatic carbocycles. The van der Waals surface area contributed by atoms with E-state index in [1.54, 1.807) is 24.3 Å². The van der Waals surface area contributed by atoms with E-state index in [1.165, 1.54) is 19.3 Å². The van der Waals surface area contributed by atoms with Gasteiger partial charge in [-0.15, -0.1) is 24.0 Å². The van der Waals surface area contributed by atoms with Crippen molar-refractivity contribution in [2.75, 3.05) is 37.2 Å². The van der Waals surface area contributed by atoms with Crippen LogP contribution in [-0.2, 0) is 10.0 Å². The smallest absolute Gasteiger partial charge is 0.229 e. The molecule has 1 fully saturated rings. The summed E-state index contributed by atoms with van der Waals surface area (Å²) in [5, 5.41) is 0. The maximum atomic E-state index is 11.1. The second-order valence-electron chi connectivity index (χ2n) is 5.53. The summed E-state index contributed by atoms with van der Waals surface area (Å²) in [7, 11) is -3.26. The van der Waals surface area contributed by atoms with Gasteiger partial charge in [0.15, 0.2) is 5.96 Å². The Bertz CT molecular complexity index is 629. The molecule has 1 aliphatic heterocycles. The maximum absolute atomic E-state index is 11.1. The number of nitrogens with one attached hydrogen (secondary N) is 1. The molecule has 3 N–H and O–H groups in total. The Morgan fingerprint density at radius 2 is 1.88 bits per heavy atom. The van der Waals surface area contributed by atoms with Crippen molar-refractivity contribution in [2.45, 2.75) is 19.3 Å². The van der Waals surface area contributed by atoms with Gasteiger partial charge in [0.25, 0.3) is 0 Å². The van der Waals surface area contributed by atoms with Crippen molar-refractivity contribution >= 4 is 45.6 Å². The fraction of sp³-hybridized carbons (Fsp3) is 0.533. The lowest BCUT2D eigenvalue weighted by Crippen LogP contribution is -2.41. The highest BCUT2D eigenvalue weighted by Gasteiger charge is 2.11. The minimum Gasteiger partial charge on any atom is -0.492 e. The molecule has 0 amide bonds. The van der Waals surface area contributed by atoms with Crippen LogP contribution in [-0.4, -0.2) is 51.8 Å². The first-order chi connectivity index (χ1) is 10.9. The van der Waals surface area contributed by atoms with Gasteiger partial charge in [-0.2, -0.15) is 0 Å². The van der Waals surface area contributed by atoms with Crippen molar-refractivity contribution in [3.63, 3.8) is 0 Å². The van der Waals surface area contributed by atoms with Crippen molar-refractivity contribution in [3.8, 4) is 5.75 Å². The Hall–Kier alpha value is -1.23. The van der Waals surface area contributed by atoms with Crippen LogP contribution in [0.25, 0.3) is 0 Å². The Balaban J connectivity index is 0.00000288. The predicted molar refractivity (Wildman–Crippen MR) is 108 cm³/mol. The van der Waals surface area contributed by atoms with Gasteiger partial charge >= 0.3 is 0 Å². The molecule has 1 aromatic rings. The number of aliphatic imine (C=N–C) groups is 1. The lowest BCUT2D eigenvalue weighted by Gasteiger charge is -2.27. The number of halogens is 1. The molecule has 9 heteroatoms. The van der Waals surface area contributed by atoms with E-state index in [1.807, 2.05) is 0 Å². The van der Waals surface area contributed by atoms with Gasteiger partial charge in [0.05, 0.1) is 12.8 Å². The molecule has 1 saturated heterocycles. The molecule has 1 aliphatic rings. The maximum Gasteiger partial charge on any atom is 0.229 e. The van der Waals surface area contributed by atoms with E-state index >= 15 is 0 Å². The minimum atomic E-state index is -3.26. The average molecular weight is 468 g/mol. The van der Waals surface area contributed by atoms with Crippen LogP contribution in [0, 0.1) is 0 Å². The summed E-state index contributed by atoms with van der Waals surface area (Å²) in [5.41, 5.74) is 6.47. The Labute approximate surface area is 160 Å². The third-order valence-electron chi connectivity index (χ3n) is 3.47. The highest BCUT2D eigenvalue weighted by atomic mass is 127. The Kier molecular flexibility index (Phi) is 8.60. The van der Waals surface area contributed by atoms with Crippen molar-refractivity contribution in [1.82, 2.24) is 4.90 Å². The predicted octanol–water partition coefficient (Wildman–Crippen LogP) is 1.86. The number of nitrogens with two attached hydrogens (primary N) is 1. The third kappa shape index (κ3) is 7.56. The zero-order chi connectivity index (χ0) is 16.7. The van der Waals surface area contributed by atoms with Gasteiger partial charge in [-0.25, -0.2) is 13.4 Å². The summed E-state index contributed by atoms with van der Waals surface area (Å²) in [6, 6.07) is 6.74. The standard InChI is InChI=1S/C15H24N4O3S.HI/c1-23(20,21)18-13-5-7-14(8-6-13)22-12-9-17-15(16)19-10-3-2-4-11-19;/h5-8,18H,2-4,9-12H2,1H3,(H2,16,17);1H. The van der Waals surface area contributed by atoms with Crippen LogP contribution in [0.2, 0.25) is 0 Å². The zero-order valence-corrected chi connectivity index (χ0v) is 16.9. The molecule has 0 spiro atoms. The fourth-order valence-electron chi connectivity index (χ4n) is 2.38. The van der Waals surface area contributed by atoms with Crippen LogP contribution >= 0.6 is 24.0 Å². The second kappa shape index (κ2) is 9.92. The number of likely N-dealkylation sites (tertiary alicyclic amines) is 1. The van der Waals surface area contributed by atoms with Gasteiger partial charge in [0.2, 0.25) is 10.0 Å². The molecule has 24 heavy (non-hydrogen) atoms. The summed E-state index contributed by atoms with van der Waals surface area (Å²) in [4.78, 5) is 6.44. The molecule has 0 aliphatic carbocycles. The lowest BCUT2D eigenvalue weighted by atomic mass is 10.1. The second-order valence-corrected chi connectivity index (χ2v) is 7.28. The topological polar surface area (TPSA) is 97.0 Å². The fourth-order valence-corrected chi connectivity index (χ4v) is 2.94. The molecular formula is C15H25IN4O3S. The average Bonchev–Trinajstić information content (AvgIpc) is 2.52. The molecule has 0 atom stereocenters. The molecule has 136 valence electrons. The Morgan fingerprint density at radius 3 is 2.46 bits per heavy atom. The number of sulfonamides is 1. The van der Waals surface area contributed by atoms with E-state index in [4.69, 9.17) is 10.5 Å². The molecule has 0 bridgehead atoms. The van der Waals surface area contributed by atoms with Gasteiger partial charge in [0, 0.05) is 18.8 Å². The number of anilines is 1. The molecule has 1 heterocycles. The molecule has 7 nitrogen and oxygen atoms in total. The SMILES string of the molecule is CS(=O)(=O)Nc1ccc(OCCN=C(N)N2CCCCC2)cc1.I. The molecule has 0 unspecified atom stereocenters. The number of ether oxygens (including phenoxy) is 1. The zero-order valence-electron chi connectivity index (χ0n) is 13.8. The summed E-state index contributed by atoms with van der Waals surface area (Å²) in [5.74, 6) is 1.25. The first kappa shape index (κ1) is 20.8. The highest BCUT2D eigenvalue weighted by Crippen LogP contribution is 2.16. The summed E-state index contributed by atoms with van der Waals surface area (Å²) in [6.45, 7) is 2.87. The summed E-state index contributed by atoms with van der Waals surface area (Å²) < 4.78 is 30.2. The monoisotopic (exact) mass is 468 g/mol. The normalized spacial score (nSPS) is 15.5. The third-order valence-corrected chi connectivity index (χ3v) is 4.08. The number of rotatable bonds is 6. The number of guanidine groups is 1. The van der Waals surface area contributed by atoms with Gasteiger partial charge in [0.1, 0.15) is 12.4 Å². The molecule has 0 radical (unpaired) electrons. The number of nitrogens with zero attached hydrogens (tertiary/aromatic N) is 2. The van der Waals surface area contributed by atoms with Gasteiger partial charge in [-0.05, 0) is 43.5 Å². The van der Waals surface area contributed by atoms with Crippen molar-refractivity contribution in [3.05, 3.63) is 24.3 Å². The number of hydrogen-bond donors (Lipinski definition) is 2. The van der Waals surface area contributed by atoms with E-state index in [9.17, 15) is 8.42 Å². The van der Waals surface area contributed by atoms with Crippen molar-refractivity contribution in [2.24, 2.45) is 10.7 Å². The highest BCUT2D eigenvalue weighted by molar-refractivity contribution is 14.0. The van der Waals surface area contributed by atoms with Crippen molar-refractivity contribution in [1.29, 1.82) is 0 Å².